The molecule has 2 rings (SSSR count). The van der Waals surface area contributed by atoms with Gasteiger partial charge in [-0.05, 0) is 81.0 Å². The number of allylic oxidation sites excluding steroid dienone is 1. The maximum atomic E-state index is 7.07. The zero-order valence-electron chi connectivity index (χ0n) is 17.7. The standard InChI is InChI=1S/C22H38OS2Si/c1-9-13-22(23-26(6,7)8,20-24-14-10-15-25-20)19-16-21(4,5)18(19)12-11-17(2)3/h1,18-20H,2,10-16H2,3-8H3. The van der Waals surface area contributed by atoms with Gasteiger partial charge in [-0.25, -0.2) is 0 Å². The average molecular weight is 411 g/mol. The largest absolute Gasteiger partial charge is 0.409 e. The van der Waals surface area contributed by atoms with Crippen LogP contribution in [0.4, 0.5) is 0 Å². The fourth-order valence-corrected chi connectivity index (χ4v) is 9.82. The Labute approximate surface area is 172 Å². The van der Waals surface area contributed by atoms with E-state index in [1.165, 1.54) is 36.3 Å². The Morgan fingerprint density at radius 2 is 1.92 bits per heavy atom. The van der Waals surface area contributed by atoms with Crippen LogP contribution in [0, 0.1) is 29.6 Å². The summed E-state index contributed by atoms with van der Waals surface area (Å²) in [6.45, 7) is 18.1. The molecular formula is C22H38OS2Si. The van der Waals surface area contributed by atoms with Gasteiger partial charge in [-0.1, -0.05) is 19.4 Å². The molecule has 2 aliphatic rings. The molecule has 1 saturated carbocycles. The zero-order valence-corrected chi connectivity index (χ0v) is 20.3. The van der Waals surface area contributed by atoms with Crippen molar-refractivity contribution >= 4 is 31.8 Å². The van der Waals surface area contributed by atoms with Gasteiger partial charge in [0.2, 0.25) is 0 Å². The van der Waals surface area contributed by atoms with Gasteiger partial charge >= 0.3 is 0 Å². The molecule has 26 heavy (non-hydrogen) atoms. The number of hydrogen-bond acceptors (Lipinski definition) is 3. The Morgan fingerprint density at radius 3 is 2.38 bits per heavy atom. The van der Waals surface area contributed by atoms with E-state index in [-0.39, 0.29) is 5.60 Å². The molecule has 0 bridgehead atoms. The van der Waals surface area contributed by atoms with E-state index < -0.39 is 8.32 Å². The monoisotopic (exact) mass is 410 g/mol. The highest BCUT2D eigenvalue weighted by molar-refractivity contribution is 8.17. The van der Waals surface area contributed by atoms with Crippen molar-refractivity contribution in [1.82, 2.24) is 0 Å². The second-order valence-electron chi connectivity index (χ2n) is 9.88. The van der Waals surface area contributed by atoms with Gasteiger partial charge in [-0.15, -0.1) is 42.4 Å². The summed E-state index contributed by atoms with van der Waals surface area (Å²) in [5.74, 6) is 6.77. The summed E-state index contributed by atoms with van der Waals surface area (Å²) in [5, 5.41) is 0. The van der Waals surface area contributed by atoms with Gasteiger partial charge in [0, 0.05) is 6.42 Å². The Hall–Kier alpha value is 0.177. The summed E-state index contributed by atoms with van der Waals surface area (Å²) >= 11 is 4.20. The fraction of sp³-hybridized carbons (Fsp3) is 0.818. The third kappa shape index (κ3) is 5.16. The molecule has 0 spiro atoms. The second kappa shape index (κ2) is 8.68. The van der Waals surface area contributed by atoms with Crippen molar-refractivity contribution < 1.29 is 4.43 Å². The fourth-order valence-electron chi connectivity index (χ4n) is 4.80. The number of thioether (sulfide) groups is 2. The Bertz CT molecular complexity index is 539. The van der Waals surface area contributed by atoms with Crippen LogP contribution in [0.5, 0.6) is 0 Å². The lowest BCUT2D eigenvalue weighted by Gasteiger charge is -2.62. The van der Waals surface area contributed by atoms with Crippen molar-refractivity contribution in [3.8, 4) is 12.3 Å². The first-order valence-electron chi connectivity index (χ1n) is 10.0. The van der Waals surface area contributed by atoms with E-state index in [4.69, 9.17) is 10.8 Å². The first-order chi connectivity index (χ1) is 12.0. The third-order valence-corrected chi connectivity index (χ3v) is 10.1. The van der Waals surface area contributed by atoms with Crippen LogP contribution in [0.1, 0.15) is 52.9 Å². The van der Waals surface area contributed by atoms with Gasteiger partial charge in [0.05, 0.1) is 10.2 Å². The molecule has 0 N–H and O–H groups in total. The lowest BCUT2D eigenvalue weighted by Crippen LogP contribution is -2.63. The Kier molecular flexibility index (Phi) is 7.50. The van der Waals surface area contributed by atoms with E-state index in [1.54, 1.807) is 0 Å². The summed E-state index contributed by atoms with van der Waals surface area (Å²) in [5.41, 5.74) is 1.51. The van der Waals surface area contributed by atoms with Crippen LogP contribution in [0.2, 0.25) is 19.6 Å². The smallest absolute Gasteiger partial charge is 0.184 e. The van der Waals surface area contributed by atoms with Crippen LogP contribution in [0.15, 0.2) is 12.2 Å². The summed E-state index contributed by atoms with van der Waals surface area (Å²) in [4.78, 5) is 0. The molecule has 1 nitrogen and oxygen atoms in total. The van der Waals surface area contributed by atoms with Crippen LogP contribution < -0.4 is 0 Å². The quantitative estimate of drug-likeness (QED) is 0.247. The highest BCUT2D eigenvalue weighted by atomic mass is 32.2. The summed E-state index contributed by atoms with van der Waals surface area (Å²) in [6.07, 6.45) is 11.6. The van der Waals surface area contributed by atoms with Crippen molar-refractivity contribution in [2.45, 2.75) is 82.7 Å². The predicted molar refractivity (Wildman–Crippen MR) is 123 cm³/mol. The van der Waals surface area contributed by atoms with Gasteiger partial charge in [0.25, 0.3) is 0 Å². The van der Waals surface area contributed by atoms with Gasteiger partial charge in [0.15, 0.2) is 8.32 Å². The minimum atomic E-state index is -1.72. The van der Waals surface area contributed by atoms with Crippen LogP contribution >= 0.6 is 23.5 Å². The SMILES string of the molecule is C#CCC(O[Si](C)(C)C)(C1SCCCS1)C1CC(C)(C)C1CCC(=C)C. The zero-order chi connectivity index (χ0) is 19.6. The summed E-state index contributed by atoms with van der Waals surface area (Å²) in [6, 6.07) is 0. The van der Waals surface area contributed by atoms with Gasteiger partial charge in [0.1, 0.15) is 0 Å². The molecule has 0 amide bonds. The first kappa shape index (κ1) is 22.5. The van der Waals surface area contributed by atoms with Crippen molar-refractivity contribution in [3.05, 3.63) is 12.2 Å². The molecule has 1 aliphatic carbocycles. The number of hydrogen-bond donors (Lipinski definition) is 0. The van der Waals surface area contributed by atoms with Gasteiger partial charge in [-0.3, -0.25) is 0 Å². The Balaban J connectivity index is 2.37. The minimum absolute atomic E-state index is 0.162. The van der Waals surface area contributed by atoms with Crippen molar-refractivity contribution in [2.75, 3.05) is 11.5 Å². The molecule has 0 aromatic heterocycles. The molecule has 0 radical (unpaired) electrons. The molecule has 148 valence electrons. The molecular weight excluding hydrogens is 372 g/mol. The summed E-state index contributed by atoms with van der Waals surface area (Å²) in [7, 11) is -1.72. The average Bonchev–Trinajstić information content (AvgIpc) is 2.51. The molecule has 0 aromatic carbocycles. The molecule has 1 heterocycles. The number of rotatable bonds is 8. The molecule has 1 saturated heterocycles. The number of terminal acetylenes is 1. The normalized spacial score (nSPS) is 28.7. The third-order valence-electron chi connectivity index (χ3n) is 5.85. The van der Waals surface area contributed by atoms with Crippen LogP contribution in [-0.4, -0.2) is 30.0 Å². The van der Waals surface area contributed by atoms with E-state index >= 15 is 0 Å². The molecule has 2 fully saturated rings. The van der Waals surface area contributed by atoms with E-state index in [0.717, 1.165) is 12.8 Å². The topological polar surface area (TPSA) is 9.23 Å². The predicted octanol–water partition coefficient (Wildman–Crippen LogP) is 6.81. The molecule has 3 unspecified atom stereocenters. The van der Waals surface area contributed by atoms with E-state index in [0.29, 0.717) is 21.8 Å². The summed E-state index contributed by atoms with van der Waals surface area (Å²) < 4.78 is 7.55. The van der Waals surface area contributed by atoms with E-state index in [1.807, 2.05) is 0 Å². The maximum absolute atomic E-state index is 7.07. The molecule has 1 aliphatic heterocycles. The maximum Gasteiger partial charge on any atom is 0.184 e. The van der Waals surface area contributed by atoms with Crippen LogP contribution in [0.3, 0.4) is 0 Å². The van der Waals surface area contributed by atoms with E-state index in [9.17, 15) is 0 Å². The Morgan fingerprint density at radius 1 is 1.31 bits per heavy atom. The minimum Gasteiger partial charge on any atom is -0.409 e. The second-order valence-corrected chi connectivity index (χ2v) is 17.0. The van der Waals surface area contributed by atoms with Crippen molar-refractivity contribution in [1.29, 1.82) is 0 Å². The highest BCUT2D eigenvalue weighted by Gasteiger charge is 2.60. The molecule has 0 aromatic rings. The lowest BCUT2D eigenvalue weighted by molar-refractivity contribution is -0.129. The van der Waals surface area contributed by atoms with Gasteiger partial charge < -0.3 is 4.43 Å². The van der Waals surface area contributed by atoms with Crippen molar-refractivity contribution in [2.24, 2.45) is 17.3 Å². The molecule has 4 heteroatoms. The van der Waals surface area contributed by atoms with E-state index in [2.05, 4.69) is 76.4 Å². The van der Waals surface area contributed by atoms with Crippen LogP contribution in [-0.2, 0) is 4.43 Å². The highest BCUT2D eigenvalue weighted by Crippen LogP contribution is 2.62. The van der Waals surface area contributed by atoms with Crippen LogP contribution in [0.25, 0.3) is 0 Å². The van der Waals surface area contributed by atoms with Crippen molar-refractivity contribution in [3.63, 3.8) is 0 Å². The first-order valence-corrected chi connectivity index (χ1v) is 15.5. The lowest BCUT2D eigenvalue weighted by atomic mass is 9.49. The molecule has 3 atom stereocenters. The van der Waals surface area contributed by atoms with Gasteiger partial charge in [-0.2, -0.15) is 0 Å².